The lowest BCUT2D eigenvalue weighted by Crippen LogP contribution is -2.26. The van der Waals surface area contributed by atoms with E-state index in [-0.39, 0.29) is 12.6 Å². The monoisotopic (exact) mass is 270 g/mol. The molecule has 2 aromatic carbocycles. The van der Waals surface area contributed by atoms with Crippen LogP contribution in [0.3, 0.4) is 0 Å². The second-order valence-electron chi connectivity index (χ2n) is 4.63. The van der Waals surface area contributed by atoms with Crippen molar-refractivity contribution in [2.45, 2.75) is 12.5 Å². The van der Waals surface area contributed by atoms with Crippen molar-refractivity contribution in [3.8, 4) is 6.07 Å². The van der Waals surface area contributed by atoms with E-state index in [1.54, 1.807) is 7.11 Å². The third kappa shape index (κ3) is 3.08. The molecule has 2 rings (SSSR count). The highest BCUT2D eigenvalue weighted by Crippen LogP contribution is 2.27. The van der Waals surface area contributed by atoms with Gasteiger partial charge in [0.15, 0.2) is 0 Å². The van der Waals surface area contributed by atoms with E-state index < -0.39 is 0 Å². The standard InChI is InChI=1S/C16H18N2O2/c1-20-11-13(8-9-19)18-16-7-6-12(10-17)14-4-2-3-5-15(14)16/h2-7,13,18-19H,8-9,11H2,1H3. The number of aliphatic hydroxyl groups excluding tert-OH is 1. The summed E-state index contributed by atoms with van der Waals surface area (Å²) in [5.74, 6) is 0. The summed E-state index contributed by atoms with van der Waals surface area (Å²) in [5.41, 5.74) is 1.62. The summed E-state index contributed by atoms with van der Waals surface area (Å²) in [7, 11) is 1.64. The van der Waals surface area contributed by atoms with E-state index >= 15 is 0 Å². The predicted molar refractivity (Wildman–Crippen MR) is 79.7 cm³/mol. The van der Waals surface area contributed by atoms with Gasteiger partial charge in [0.1, 0.15) is 0 Å². The number of hydrogen-bond acceptors (Lipinski definition) is 4. The summed E-state index contributed by atoms with van der Waals surface area (Å²) < 4.78 is 5.16. The van der Waals surface area contributed by atoms with Gasteiger partial charge in [-0.05, 0) is 18.6 Å². The van der Waals surface area contributed by atoms with Crippen LogP contribution in [0, 0.1) is 11.3 Å². The fourth-order valence-electron chi connectivity index (χ4n) is 2.30. The molecule has 0 aromatic heterocycles. The van der Waals surface area contributed by atoms with Crippen LogP contribution in [-0.2, 0) is 4.74 Å². The number of nitrogens with one attached hydrogen (secondary N) is 1. The molecule has 0 fully saturated rings. The maximum absolute atomic E-state index is 9.15. The molecule has 1 unspecified atom stereocenters. The summed E-state index contributed by atoms with van der Waals surface area (Å²) >= 11 is 0. The summed E-state index contributed by atoms with van der Waals surface area (Å²) in [6.45, 7) is 0.629. The summed E-state index contributed by atoms with van der Waals surface area (Å²) in [6.07, 6.45) is 0.613. The third-order valence-electron chi connectivity index (χ3n) is 3.25. The molecule has 0 aliphatic heterocycles. The Morgan fingerprint density at radius 2 is 2.00 bits per heavy atom. The molecular weight excluding hydrogens is 252 g/mol. The molecule has 0 aliphatic rings. The number of hydrogen-bond donors (Lipinski definition) is 2. The first-order valence-corrected chi connectivity index (χ1v) is 6.58. The molecule has 4 heteroatoms. The van der Waals surface area contributed by atoms with Crippen LogP contribution in [0.15, 0.2) is 36.4 Å². The molecule has 0 radical (unpaired) electrons. The first kappa shape index (κ1) is 14.3. The van der Waals surface area contributed by atoms with Crippen molar-refractivity contribution in [3.05, 3.63) is 42.0 Å². The number of nitriles is 1. The number of nitrogens with zero attached hydrogens (tertiary/aromatic N) is 1. The number of rotatable bonds is 6. The van der Waals surface area contributed by atoms with Crippen LogP contribution in [0.5, 0.6) is 0 Å². The van der Waals surface area contributed by atoms with E-state index in [0.717, 1.165) is 16.5 Å². The highest BCUT2D eigenvalue weighted by molar-refractivity contribution is 5.97. The Bertz CT molecular complexity index is 613. The van der Waals surface area contributed by atoms with Gasteiger partial charge in [-0.15, -0.1) is 0 Å². The van der Waals surface area contributed by atoms with Crippen molar-refractivity contribution in [1.82, 2.24) is 0 Å². The van der Waals surface area contributed by atoms with Crippen molar-refractivity contribution < 1.29 is 9.84 Å². The van der Waals surface area contributed by atoms with Crippen LogP contribution in [0.1, 0.15) is 12.0 Å². The molecule has 0 spiro atoms. The van der Waals surface area contributed by atoms with Crippen LogP contribution >= 0.6 is 0 Å². The van der Waals surface area contributed by atoms with Crippen molar-refractivity contribution in [2.75, 3.05) is 25.6 Å². The van der Waals surface area contributed by atoms with Gasteiger partial charge in [0, 0.05) is 30.2 Å². The number of aliphatic hydroxyl groups is 1. The third-order valence-corrected chi connectivity index (χ3v) is 3.25. The van der Waals surface area contributed by atoms with Crippen LogP contribution < -0.4 is 5.32 Å². The Hall–Kier alpha value is -2.09. The topological polar surface area (TPSA) is 65.3 Å². The molecule has 0 bridgehead atoms. The van der Waals surface area contributed by atoms with E-state index in [4.69, 9.17) is 15.1 Å². The Balaban J connectivity index is 2.37. The molecule has 4 nitrogen and oxygen atoms in total. The SMILES string of the molecule is COCC(CCO)Nc1ccc(C#N)c2ccccc12. The molecule has 0 amide bonds. The van der Waals surface area contributed by atoms with Gasteiger partial charge in [0.2, 0.25) is 0 Å². The van der Waals surface area contributed by atoms with E-state index in [1.165, 1.54) is 0 Å². The molecule has 2 aromatic rings. The van der Waals surface area contributed by atoms with Gasteiger partial charge in [0.05, 0.1) is 24.3 Å². The maximum atomic E-state index is 9.15. The predicted octanol–water partition coefficient (Wildman–Crippen LogP) is 2.52. The molecule has 0 saturated heterocycles. The van der Waals surface area contributed by atoms with Crippen molar-refractivity contribution in [2.24, 2.45) is 0 Å². The van der Waals surface area contributed by atoms with E-state index in [0.29, 0.717) is 18.6 Å². The molecule has 0 heterocycles. The number of ether oxygens (including phenoxy) is 1. The van der Waals surface area contributed by atoms with Gasteiger partial charge in [-0.2, -0.15) is 5.26 Å². The minimum Gasteiger partial charge on any atom is -0.396 e. The van der Waals surface area contributed by atoms with Gasteiger partial charge in [-0.1, -0.05) is 24.3 Å². The fraction of sp³-hybridized carbons (Fsp3) is 0.312. The highest BCUT2D eigenvalue weighted by Gasteiger charge is 2.11. The Morgan fingerprint density at radius 3 is 2.65 bits per heavy atom. The zero-order valence-electron chi connectivity index (χ0n) is 11.5. The van der Waals surface area contributed by atoms with Crippen molar-refractivity contribution in [1.29, 1.82) is 5.26 Å². The highest BCUT2D eigenvalue weighted by atomic mass is 16.5. The minimum absolute atomic E-state index is 0.0429. The molecule has 1 atom stereocenters. The lowest BCUT2D eigenvalue weighted by atomic mass is 10.0. The molecular formula is C16H18N2O2. The van der Waals surface area contributed by atoms with Crippen LogP contribution in [0.4, 0.5) is 5.69 Å². The lowest BCUT2D eigenvalue weighted by molar-refractivity contribution is 0.170. The average Bonchev–Trinajstić information content (AvgIpc) is 2.48. The second-order valence-corrected chi connectivity index (χ2v) is 4.63. The van der Waals surface area contributed by atoms with E-state index in [1.807, 2.05) is 36.4 Å². The molecule has 2 N–H and O–H groups in total. The van der Waals surface area contributed by atoms with Gasteiger partial charge in [-0.3, -0.25) is 0 Å². The second kappa shape index (κ2) is 6.90. The molecule has 0 aliphatic carbocycles. The van der Waals surface area contributed by atoms with E-state index in [2.05, 4.69) is 11.4 Å². The van der Waals surface area contributed by atoms with Gasteiger partial charge >= 0.3 is 0 Å². The first-order chi connectivity index (χ1) is 9.80. The van der Waals surface area contributed by atoms with Gasteiger partial charge in [0.25, 0.3) is 0 Å². The fourth-order valence-corrected chi connectivity index (χ4v) is 2.30. The van der Waals surface area contributed by atoms with Gasteiger partial charge < -0.3 is 15.2 Å². The quantitative estimate of drug-likeness (QED) is 0.846. The zero-order chi connectivity index (χ0) is 14.4. The normalized spacial score (nSPS) is 12.1. The minimum atomic E-state index is 0.0429. The van der Waals surface area contributed by atoms with Crippen LogP contribution in [-0.4, -0.2) is 31.5 Å². The van der Waals surface area contributed by atoms with Crippen molar-refractivity contribution >= 4 is 16.5 Å². The smallest absolute Gasteiger partial charge is 0.0998 e. The Kier molecular flexibility index (Phi) is 4.94. The first-order valence-electron chi connectivity index (χ1n) is 6.58. The zero-order valence-corrected chi connectivity index (χ0v) is 11.5. The molecule has 20 heavy (non-hydrogen) atoms. The molecule has 104 valence electrons. The van der Waals surface area contributed by atoms with Crippen LogP contribution in [0.25, 0.3) is 10.8 Å². The van der Waals surface area contributed by atoms with Crippen LogP contribution in [0.2, 0.25) is 0 Å². The van der Waals surface area contributed by atoms with Gasteiger partial charge in [-0.25, -0.2) is 0 Å². The largest absolute Gasteiger partial charge is 0.396 e. The summed E-state index contributed by atoms with van der Waals surface area (Å²) in [5, 5.41) is 23.6. The Labute approximate surface area is 118 Å². The summed E-state index contributed by atoms with van der Waals surface area (Å²) in [6, 6.07) is 13.8. The number of anilines is 1. The maximum Gasteiger partial charge on any atom is 0.0998 e. The summed E-state index contributed by atoms with van der Waals surface area (Å²) in [4.78, 5) is 0. The van der Waals surface area contributed by atoms with Crippen molar-refractivity contribution in [3.63, 3.8) is 0 Å². The Morgan fingerprint density at radius 1 is 1.25 bits per heavy atom. The number of methoxy groups -OCH3 is 1. The number of benzene rings is 2. The van der Waals surface area contributed by atoms with E-state index in [9.17, 15) is 0 Å². The molecule has 0 saturated carbocycles. The average molecular weight is 270 g/mol. The lowest BCUT2D eigenvalue weighted by Gasteiger charge is -2.19. The number of fused-ring (bicyclic) bond motifs is 1.